The number of aliphatic carboxylic acids is 1. The number of fused-ring (bicyclic) bond motifs is 1. The molecule has 0 fully saturated rings. The van der Waals surface area contributed by atoms with Gasteiger partial charge in [-0.1, -0.05) is 18.2 Å². The zero-order valence-corrected chi connectivity index (χ0v) is 10.9. The summed E-state index contributed by atoms with van der Waals surface area (Å²) in [5.74, 6) is -1.38. The Labute approximate surface area is 122 Å². The maximum absolute atomic E-state index is 11.1. The van der Waals surface area contributed by atoms with Crippen molar-refractivity contribution in [2.75, 3.05) is 0 Å². The molecule has 1 atom stereocenters. The molecule has 0 aliphatic heterocycles. The Balaban J connectivity index is 0.00000180. The van der Waals surface area contributed by atoms with Gasteiger partial charge in [-0.25, -0.2) is 4.79 Å². The predicted octanol–water partition coefficient (Wildman–Crippen LogP) is 0.919. The van der Waals surface area contributed by atoms with Crippen LogP contribution in [0.4, 0.5) is 0 Å². The number of carbonyl (C=O) groups excluding carboxylic acids is 1. The molecule has 0 aliphatic carbocycles. The van der Waals surface area contributed by atoms with Crippen LogP contribution >= 0.6 is 0 Å². The Morgan fingerprint density at radius 3 is 2.68 bits per heavy atom. The summed E-state index contributed by atoms with van der Waals surface area (Å²) in [6, 6.07) is 6.75. The van der Waals surface area contributed by atoms with E-state index in [-0.39, 0.29) is 31.2 Å². The van der Waals surface area contributed by atoms with Crippen molar-refractivity contribution in [2.45, 2.75) is 19.4 Å². The number of amides is 1. The molecular weight excluding hydrogens is 239 g/mol. The molecule has 95 valence electrons. The maximum Gasteiger partial charge on any atom is 0.326 e. The van der Waals surface area contributed by atoms with Crippen molar-refractivity contribution in [1.82, 2.24) is 10.3 Å². The molecule has 0 saturated heterocycles. The average molecular weight is 253 g/mol. The summed E-state index contributed by atoms with van der Waals surface area (Å²) in [6.45, 7) is 1.31. The van der Waals surface area contributed by atoms with E-state index in [1.807, 2.05) is 24.3 Å². The monoisotopic (exact) mass is 253 g/mol. The quantitative estimate of drug-likeness (QED) is 0.708. The number of carboxylic acid groups (broad SMARTS) is 1. The van der Waals surface area contributed by atoms with Crippen LogP contribution in [0.25, 0.3) is 10.9 Å². The van der Waals surface area contributed by atoms with Gasteiger partial charge in [0.1, 0.15) is 6.04 Å². The molecule has 1 heterocycles. The Bertz CT molecular complexity index is 594. The molecule has 1 radical (unpaired) electrons. The number of carboxylic acids is 1. The van der Waals surface area contributed by atoms with Crippen molar-refractivity contribution in [1.29, 1.82) is 0 Å². The largest absolute Gasteiger partial charge is 0.480 e. The minimum absolute atomic E-state index is 0. The van der Waals surface area contributed by atoms with Crippen LogP contribution in [0.15, 0.2) is 30.5 Å². The number of carbonyl (C=O) groups is 2. The summed E-state index contributed by atoms with van der Waals surface area (Å²) in [5.41, 5.74) is 1.84. The fourth-order valence-electron chi connectivity index (χ4n) is 1.97. The van der Waals surface area contributed by atoms with Crippen LogP contribution in [0, 0.1) is 0 Å². The van der Waals surface area contributed by atoms with Crippen molar-refractivity contribution in [3.8, 4) is 0 Å². The fourth-order valence-corrected chi connectivity index (χ4v) is 1.97. The number of H-pyrrole nitrogens is 1. The Hall–Kier alpha value is -1.70. The number of nitrogens with one attached hydrogen (secondary N) is 2. The SMILES string of the molecule is CC(=O)N[C@@H](Cc1c[nH]c2ccccc12)C(=O)O.[Li]. The van der Waals surface area contributed by atoms with Gasteiger partial charge in [-0.15, -0.1) is 0 Å². The number of para-hydroxylation sites is 1. The van der Waals surface area contributed by atoms with Crippen molar-refractivity contribution in [3.05, 3.63) is 36.0 Å². The summed E-state index contributed by atoms with van der Waals surface area (Å²) < 4.78 is 0. The molecule has 19 heavy (non-hydrogen) atoms. The molecule has 1 amide bonds. The molecule has 0 unspecified atom stereocenters. The molecule has 3 N–H and O–H groups in total. The fraction of sp³-hybridized carbons (Fsp3) is 0.231. The zero-order chi connectivity index (χ0) is 13.1. The summed E-state index contributed by atoms with van der Waals surface area (Å²) >= 11 is 0. The van der Waals surface area contributed by atoms with Crippen LogP contribution in [-0.2, 0) is 16.0 Å². The van der Waals surface area contributed by atoms with E-state index in [1.54, 1.807) is 6.20 Å². The average Bonchev–Trinajstić information content (AvgIpc) is 2.71. The Kier molecular flexibility index (Phi) is 5.22. The van der Waals surface area contributed by atoms with E-state index in [0.717, 1.165) is 16.5 Å². The summed E-state index contributed by atoms with van der Waals surface area (Å²) in [6.07, 6.45) is 2.04. The molecule has 1 aromatic heterocycles. The van der Waals surface area contributed by atoms with Gasteiger partial charge in [-0.2, -0.15) is 0 Å². The molecule has 2 aromatic rings. The molecule has 0 saturated carbocycles. The normalized spacial score (nSPS) is 11.6. The van der Waals surface area contributed by atoms with E-state index < -0.39 is 12.0 Å². The predicted molar refractivity (Wildman–Crippen MR) is 73.0 cm³/mol. The second-order valence-corrected chi connectivity index (χ2v) is 4.15. The molecule has 0 spiro atoms. The third-order valence-corrected chi connectivity index (χ3v) is 2.77. The van der Waals surface area contributed by atoms with Gasteiger partial charge >= 0.3 is 5.97 Å². The Morgan fingerprint density at radius 1 is 1.37 bits per heavy atom. The van der Waals surface area contributed by atoms with E-state index >= 15 is 0 Å². The van der Waals surface area contributed by atoms with Crippen molar-refractivity contribution in [3.63, 3.8) is 0 Å². The first kappa shape index (κ1) is 15.4. The van der Waals surface area contributed by atoms with Gasteiger partial charge in [0.05, 0.1) is 0 Å². The number of aromatic amines is 1. The van der Waals surface area contributed by atoms with Gasteiger partial charge in [-0.05, 0) is 11.6 Å². The number of hydrogen-bond donors (Lipinski definition) is 3. The number of hydrogen-bond acceptors (Lipinski definition) is 2. The van der Waals surface area contributed by atoms with E-state index in [4.69, 9.17) is 5.11 Å². The van der Waals surface area contributed by atoms with Gasteiger partial charge in [0.25, 0.3) is 0 Å². The number of aromatic nitrogens is 1. The van der Waals surface area contributed by atoms with Crippen molar-refractivity contribution >= 4 is 41.6 Å². The smallest absolute Gasteiger partial charge is 0.326 e. The van der Waals surface area contributed by atoms with E-state index in [0.29, 0.717) is 0 Å². The summed E-state index contributed by atoms with van der Waals surface area (Å²) in [5, 5.41) is 12.5. The maximum atomic E-state index is 11.1. The third kappa shape index (κ3) is 3.63. The van der Waals surface area contributed by atoms with Crippen molar-refractivity contribution < 1.29 is 14.7 Å². The van der Waals surface area contributed by atoms with Crippen molar-refractivity contribution in [2.24, 2.45) is 0 Å². The van der Waals surface area contributed by atoms with Gasteiger partial charge in [0.15, 0.2) is 0 Å². The first-order chi connectivity index (χ1) is 8.58. The zero-order valence-electron chi connectivity index (χ0n) is 10.9. The minimum Gasteiger partial charge on any atom is -0.480 e. The van der Waals surface area contributed by atoms with E-state index in [1.165, 1.54) is 6.92 Å². The summed E-state index contributed by atoms with van der Waals surface area (Å²) in [4.78, 5) is 25.1. The van der Waals surface area contributed by atoms with Gasteiger partial charge in [-0.3, -0.25) is 4.79 Å². The van der Waals surface area contributed by atoms with Crippen LogP contribution in [0.2, 0.25) is 0 Å². The first-order valence-corrected chi connectivity index (χ1v) is 5.63. The van der Waals surface area contributed by atoms with Crippen LogP contribution in [-0.4, -0.2) is 46.9 Å². The molecule has 0 bridgehead atoms. The molecular formula is C13H14LiN2O3. The molecule has 0 aliphatic rings. The molecule has 6 heteroatoms. The first-order valence-electron chi connectivity index (χ1n) is 5.63. The second-order valence-electron chi connectivity index (χ2n) is 4.15. The van der Waals surface area contributed by atoms with E-state index in [9.17, 15) is 9.59 Å². The standard InChI is InChI=1S/C13H14N2O3.Li/c1-8(16)15-12(13(17)18)6-9-7-14-11-5-3-2-4-10(9)11;/h2-5,7,12,14H,6H2,1H3,(H,15,16)(H,17,18);/t12-;/m0./s1. The minimum atomic E-state index is -1.03. The van der Waals surface area contributed by atoms with Gasteiger partial charge < -0.3 is 15.4 Å². The number of benzene rings is 1. The van der Waals surface area contributed by atoms with Gasteiger partial charge in [0, 0.05) is 49.3 Å². The Morgan fingerprint density at radius 2 is 2.05 bits per heavy atom. The van der Waals surface area contributed by atoms with Crippen LogP contribution in [0.5, 0.6) is 0 Å². The van der Waals surface area contributed by atoms with Gasteiger partial charge in [0.2, 0.25) is 5.91 Å². The topological polar surface area (TPSA) is 82.2 Å². The summed E-state index contributed by atoms with van der Waals surface area (Å²) in [7, 11) is 0. The van der Waals surface area contributed by atoms with Crippen LogP contribution in [0.3, 0.4) is 0 Å². The third-order valence-electron chi connectivity index (χ3n) is 2.77. The van der Waals surface area contributed by atoms with E-state index in [2.05, 4.69) is 10.3 Å². The number of rotatable bonds is 4. The molecule has 1 aromatic carbocycles. The molecule has 2 rings (SSSR count). The van der Waals surface area contributed by atoms with Crippen LogP contribution in [0.1, 0.15) is 12.5 Å². The second kappa shape index (κ2) is 6.46. The molecule has 5 nitrogen and oxygen atoms in total. The van der Waals surface area contributed by atoms with Crippen LogP contribution < -0.4 is 5.32 Å².